The topological polar surface area (TPSA) is 123 Å². The first-order chi connectivity index (χ1) is 23.0. The van der Waals surface area contributed by atoms with Crippen molar-refractivity contribution in [2.45, 2.75) is 69.6 Å². The van der Waals surface area contributed by atoms with E-state index in [-0.39, 0.29) is 35.0 Å². The van der Waals surface area contributed by atoms with Gasteiger partial charge in [0.05, 0.1) is 22.0 Å². The van der Waals surface area contributed by atoms with Crippen molar-refractivity contribution in [1.29, 1.82) is 0 Å². The van der Waals surface area contributed by atoms with Gasteiger partial charge in [0.2, 0.25) is 5.91 Å². The predicted octanol–water partition coefficient (Wildman–Crippen LogP) is 5.42. The number of nitrogens with two attached hydrogens (primary N) is 1. The number of fused-ring (bicyclic) bond motifs is 1. The minimum absolute atomic E-state index is 0.0434. The smallest absolute Gasteiger partial charge is 0.397 e. The van der Waals surface area contributed by atoms with E-state index in [1.165, 1.54) is 6.07 Å². The van der Waals surface area contributed by atoms with E-state index in [4.69, 9.17) is 17.3 Å². The predicted molar refractivity (Wildman–Crippen MR) is 180 cm³/mol. The second-order valence-electron chi connectivity index (χ2n) is 13.4. The number of hydrogen-bond donors (Lipinski definition) is 4. The highest BCUT2D eigenvalue weighted by atomic mass is 35.5. The summed E-state index contributed by atoms with van der Waals surface area (Å²) in [6, 6.07) is 0.493. The SMILES string of the molecule is Nc1c(Cl)cc(C[C@@H](NC(=O)N2CCC(N3CCc4cscc4NC3=O)CC2)C(=O)N2CCC(C3CCNCC3)CC2)cc1C(F)(F)F. The Balaban J connectivity index is 1.12. The number of piperidine rings is 3. The first-order valence-corrected chi connectivity index (χ1v) is 18.1. The fourth-order valence-electron chi connectivity index (χ4n) is 7.71. The molecule has 10 nitrogen and oxygen atoms in total. The van der Waals surface area contributed by atoms with Crippen molar-refractivity contribution >= 4 is 52.3 Å². The van der Waals surface area contributed by atoms with Crippen LogP contribution in [0.4, 0.5) is 34.1 Å². The second-order valence-corrected chi connectivity index (χ2v) is 14.5. The van der Waals surface area contributed by atoms with E-state index in [1.54, 1.807) is 21.1 Å². The van der Waals surface area contributed by atoms with E-state index in [1.807, 2.05) is 15.7 Å². The van der Waals surface area contributed by atoms with Gasteiger partial charge in [-0.05, 0) is 98.5 Å². The van der Waals surface area contributed by atoms with Gasteiger partial charge in [0, 0.05) is 50.6 Å². The van der Waals surface area contributed by atoms with Crippen LogP contribution in [0.15, 0.2) is 22.9 Å². The molecule has 4 aliphatic rings. The van der Waals surface area contributed by atoms with E-state index in [0.29, 0.717) is 57.4 Å². The summed E-state index contributed by atoms with van der Waals surface area (Å²) in [4.78, 5) is 45.8. The number of likely N-dealkylation sites (tertiary alicyclic amines) is 2. The van der Waals surface area contributed by atoms with Crippen molar-refractivity contribution in [3.63, 3.8) is 0 Å². The molecule has 5 heterocycles. The van der Waals surface area contributed by atoms with Crippen LogP contribution >= 0.6 is 22.9 Å². The number of carbonyl (C=O) groups excluding carboxylic acids is 3. The number of nitrogens with zero attached hydrogens (tertiary/aromatic N) is 3. The summed E-state index contributed by atoms with van der Waals surface area (Å²) in [6.45, 7) is 4.39. The Hall–Kier alpha value is -3.23. The molecule has 4 aliphatic heterocycles. The molecular formula is C33H43ClF3N7O3S. The number of carbonyl (C=O) groups is 3. The van der Waals surface area contributed by atoms with Crippen LogP contribution in [0.2, 0.25) is 5.02 Å². The maximum absolute atomic E-state index is 14.0. The Labute approximate surface area is 287 Å². The van der Waals surface area contributed by atoms with E-state index >= 15 is 0 Å². The average molecular weight is 710 g/mol. The second kappa shape index (κ2) is 14.7. The lowest BCUT2D eigenvalue weighted by Crippen LogP contribution is -2.57. The molecule has 0 saturated carbocycles. The first kappa shape index (κ1) is 34.6. The molecule has 0 unspecified atom stereocenters. The molecule has 5 amide bonds. The number of benzene rings is 1. The van der Waals surface area contributed by atoms with Gasteiger partial charge in [0.1, 0.15) is 6.04 Å². The summed E-state index contributed by atoms with van der Waals surface area (Å²) in [5, 5.41) is 13.0. The normalized spacial score (nSPS) is 21.0. The standard InChI is InChI=1S/C33H43ClF3N7O3S/c34-26-16-20(15-25(29(26)38)33(35,36)37)17-27(30(45)42-10-3-22(4-11-42)21-1-8-39-9-2-21)40-31(46)43-12-6-24(7-13-43)44-14-5-23-18-48-19-28(23)41-32(44)47/h15-16,18-19,21-22,24,27,39H,1-14,17,38H2,(H,40,46)(H,41,47)/t27-/m1/s1. The van der Waals surface area contributed by atoms with Crippen LogP contribution in [-0.4, -0.2) is 90.6 Å². The van der Waals surface area contributed by atoms with Gasteiger partial charge < -0.3 is 36.4 Å². The molecule has 262 valence electrons. The zero-order valence-electron chi connectivity index (χ0n) is 26.8. The monoisotopic (exact) mass is 709 g/mol. The van der Waals surface area contributed by atoms with Gasteiger partial charge in [-0.3, -0.25) is 4.79 Å². The van der Waals surface area contributed by atoms with Gasteiger partial charge in [-0.15, -0.1) is 11.3 Å². The fourth-order valence-corrected chi connectivity index (χ4v) is 8.78. The molecule has 3 fully saturated rings. The number of rotatable bonds is 6. The Morgan fingerprint density at radius 1 is 0.979 bits per heavy atom. The highest BCUT2D eigenvalue weighted by molar-refractivity contribution is 7.08. The van der Waals surface area contributed by atoms with Crippen LogP contribution in [0.25, 0.3) is 0 Å². The molecule has 48 heavy (non-hydrogen) atoms. The van der Waals surface area contributed by atoms with Crippen LogP contribution in [0.3, 0.4) is 0 Å². The van der Waals surface area contributed by atoms with Crippen LogP contribution in [0, 0.1) is 11.8 Å². The Bertz CT molecular complexity index is 1490. The largest absolute Gasteiger partial charge is 0.418 e. The molecule has 0 spiro atoms. The van der Waals surface area contributed by atoms with Crippen molar-refractivity contribution in [2.24, 2.45) is 11.8 Å². The highest BCUT2D eigenvalue weighted by Crippen LogP contribution is 2.38. The molecule has 3 saturated heterocycles. The summed E-state index contributed by atoms with van der Waals surface area (Å²) in [6.07, 6.45) is 0.929. The quantitative estimate of drug-likeness (QED) is 0.299. The van der Waals surface area contributed by atoms with Gasteiger partial charge >= 0.3 is 18.2 Å². The number of halogens is 4. The maximum Gasteiger partial charge on any atom is 0.418 e. The molecular weight excluding hydrogens is 667 g/mol. The third-order valence-corrected chi connectivity index (χ3v) is 11.6. The molecule has 0 aliphatic carbocycles. The summed E-state index contributed by atoms with van der Waals surface area (Å²) in [5.74, 6) is 0.818. The summed E-state index contributed by atoms with van der Waals surface area (Å²) in [5.41, 5.74) is 6.14. The maximum atomic E-state index is 14.0. The molecule has 0 bridgehead atoms. The lowest BCUT2D eigenvalue weighted by Gasteiger charge is -2.40. The number of hydrogen-bond acceptors (Lipinski definition) is 6. The zero-order valence-corrected chi connectivity index (χ0v) is 28.4. The number of urea groups is 2. The fraction of sp³-hybridized carbons (Fsp3) is 0.606. The summed E-state index contributed by atoms with van der Waals surface area (Å²) in [7, 11) is 0. The van der Waals surface area contributed by atoms with Gasteiger partial charge in [-0.25, -0.2) is 9.59 Å². The molecule has 1 aromatic carbocycles. The van der Waals surface area contributed by atoms with E-state index in [9.17, 15) is 27.6 Å². The number of anilines is 2. The number of thiophene rings is 1. The Morgan fingerprint density at radius 3 is 2.33 bits per heavy atom. The van der Waals surface area contributed by atoms with Crippen molar-refractivity contribution in [3.8, 4) is 0 Å². The van der Waals surface area contributed by atoms with Crippen molar-refractivity contribution in [1.82, 2.24) is 25.3 Å². The number of amides is 5. The lowest BCUT2D eigenvalue weighted by molar-refractivity contribution is -0.137. The van der Waals surface area contributed by atoms with E-state index in [2.05, 4.69) is 16.0 Å². The lowest BCUT2D eigenvalue weighted by atomic mass is 9.79. The van der Waals surface area contributed by atoms with Crippen LogP contribution in [0.1, 0.15) is 55.2 Å². The van der Waals surface area contributed by atoms with Crippen LogP contribution in [-0.2, 0) is 23.8 Å². The molecule has 0 radical (unpaired) electrons. The third kappa shape index (κ3) is 7.81. The Morgan fingerprint density at radius 2 is 1.65 bits per heavy atom. The van der Waals surface area contributed by atoms with Crippen molar-refractivity contribution in [3.05, 3.63) is 44.6 Å². The average Bonchev–Trinajstić information content (AvgIpc) is 3.45. The van der Waals surface area contributed by atoms with Crippen molar-refractivity contribution < 1.29 is 27.6 Å². The van der Waals surface area contributed by atoms with Crippen molar-refractivity contribution in [2.75, 3.05) is 56.9 Å². The summed E-state index contributed by atoms with van der Waals surface area (Å²) >= 11 is 7.68. The third-order valence-electron chi connectivity index (χ3n) is 10.5. The molecule has 6 rings (SSSR count). The first-order valence-electron chi connectivity index (χ1n) is 16.8. The number of nitrogen functional groups attached to an aromatic ring is 1. The minimum atomic E-state index is -4.73. The van der Waals surface area contributed by atoms with Crippen LogP contribution in [0.5, 0.6) is 0 Å². The summed E-state index contributed by atoms with van der Waals surface area (Å²) < 4.78 is 41.3. The van der Waals surface area contributed by atoms with E-state index in [0.717, 1.165) is 62.5 Å². The van der Waals surface area contributed by atoms with Gasteiger partial charge in [0.15, 0.2) is 0 Å². The molecule has 1 atom stereocenters. The number of nitrogens with one attached hydrogen (secondary N) is 3. The minimum Gasteiger partial charge on any atom is -0.397 e. The number of alkyl halides is 3. The molecule has 2 aromatic rings. The zero-order chi connectivity index (χ0) is 34.0. The molecule has 15 heteroatoms. The Kier molecular flexibility index (Phi) is 10.6. The van der Waals surface area contributed by atoms with Crippen LogP contribution < -0.4 is 21.7 Å². The van der Waals surface area contributed by atoms with Gasteiger partial charge in [-0.2, -0.15) is 13.2 Å². The van der Waals surface area contributed by atoms with Gasteiger partial charge in [-0.1, -0.05) is 11.6 Å². The van der Waals surface area contributed by atoms with E-state index < -0.39 is 29.5 Å². The highest BCUT2D eigenvalue weighted by Gasteiger charge is 2.37. The molecule has 5 N–H and O–H groups in total. The van der Waals surface area contributed by atoms with Gasteiger partial charge in [0.25, 0.3) is 0 Å². The molecule has 1 aromatic heterocycles.